The van der Waals surface area contributed by atoms with Crippen molar-refractivity contribution in [1.82, 2.24) is 0 Å². The van der Waals surface area contributed by atoms with Crippen molar-refractivity contribution in [3.05, 3.63) is 12.7 Å². The van der Waals surface area contributed by atoms with Gasteiger partial charge in [0.05, 0.1) is 6.61 Å². The van der Waals surface area contributed by atoms with E-state index >= 15 is 0 Å². The van der Waals surface area contributed by atoms with Gasteiger partial charge in [0.15, 0.2) is 0 Å². The number of carbonyl (C=O) groups excluding carboxylic acids is 1. The lowest BCUT2D eigenvalue weighted by atomic mass is 10.0. The summed E-state index contributed by atoms with van der Waals surface area (Å²) in [6, 6.07) is 0. The van der Waals surface area contributed by atoms with Crippen molar-refractivity contribution in [3.63, 3.8) is 0 Å². The molecule has 0 aromatic rings. The zero-order valence-electron chi connectivity index (χ0n) is 9.58. The minimum absolute atomic E-state index is 0.0810. The molecule has 0 N–H and O–H groups in total. The van der Waals surface area contributed by atoms with Crippen LogP contribution in [0.25, 0.3) is 0 Å². The molecule has 0 saturated heterocycles. The topological polar surface area (TPSA) is 26.3 Å². The van der Waals surface area contributed by atoms with E-state index in [-0.39, 0.29) is 5.97 Å². The molecule has 0 bridgehead atoms. The second-order valence-electron chi connectivity index (χ2n) is 4.08. The maximum atomic E-state index is 11.2. The number of rotatable bonds is 7. The molecule has 2 heteroatoms. The van der Waals surface area contributed by atoms with E-state index in [4.69, 9.17) is 4.74 Å². The maximum absolute atomic E-state index is 11.2. The molecule has 0 fully saturated rings. The van der Waals surface area contributed by atoms with Crippen LogP contribution < -0.4 is 0 Å². The highest BCUT2D eigenvalue weighted by atomic mass is 16.5. The normalized spacial score (nSPS) is 12.6. The van der Waals surface area contributed by atoms with Gasteiger partial charge in [-0.2, -0.15) is 0 Å². The molecular formula is C12H22O2. The molecule has 0 radical (unpaired) electrons. The number of esters is 1. The first-order valence-electron chi connectivity index (χ1n) is 5.36. The van der Waals surface area contributed by atoms with Crippen molar-refractivity contribution in [1.29, 1.82) is 0 Å². The Morgan fingerprint density at radius 1 is 1.50 bits per heavy atom. The van der Waals surface area contributed by atoms with Gasteiger partial charge in [-0.25, -0.2) is 0 Å². The predicted molar refractivity (Wildman–Crippen MR) is 59.0 cm³/mol. The van der Waals surface area contributed by atoms with Gasteiger partial charge in [0.2, 0.25) is 0 Å². The monoisotopic (exact) mass is 198 g/mol. The molecule has 0 aliphatic carbocycles. The van der Waals surface area contributed by atoms with Gasteiger partial charge in [0.1, 0.15) is 0 Å². The molecule has 0 aliphatic rings. The average molecular weight is 198 g/mol. The van der Waals surface area contributed by atoms with Crippen LogP contribution in [0.1, 0.15) is 40.0 Å². The molecule has 14 heavy (non-hydrogen) atoms. The van der Waals surface area contributed by atoms with Gasteiger partial charge in [0, 0.05) is 6.42 Å². The van der Waals surface area contributed by atoms with Crippen molar-refractivity contribution in [2.24, 2.45) is 11.8 Å². The van der Waals surface area contributed by atoms with Crippen molar-refractivity contribution in [2.45, 2.75) is 40.0 Å². The van der Waals surface area contributed by atoms with Gasteiger partial charge in [-0.3, -0.25) is 4.79 Å². The van der Waals surface area contributed by atoms with Crippen molar-refractivity contribution in [2.75, 3.05) is 6.61 Å². The van der Waals surface area contributed by atoms with E-state index in [1.165, 1.54) is 0 Å². The Morgan fingerprint density at radius 3 is 2.57 bits per heavy atom. The number of hydrogen-bond acceptors (Lipinski definition) is 2. The van der Waals surface area contributed by atoms with E-state index in [2.05, 4.69) is 13.5 Å². The number of hydrogen-bond donors (Lipinski definition) is 0. The Kier molecular flexibility index (Phi) is 7.17. The molecule has 0 amide bonds. The van der Waals surface area contributed by atoms with Crippen LogP contribution in [0.4, 0.5) is 0 Å². The van der Waals surface area contributed by atoms with Crippen LogP contribution in [-0.2, 0) is 9.53 Å². The van der Waals surface area contributed by atoms with Crippen LogP contribution >= 0.6 is 0 Å². The van der Waals surface area contributed by atoms with E-state index in [0.29, 0.717) is 24.9 Å². The van der Waals surface area contributed by atoms with Crippen LogP contribution in [-0.4, -0.2) is 12.6 Å². The summed E-state index contributed by atoms with van der Waals surface area (Å²) in [5.74, 6) is 0.730. The summed E-state index contributed by atoms with van der Waals surface area (Å²) in [4.78, 5) is 11.2. The molecule has 0 aliphatic heterocycles. The Hall–Kier alpha value is -0.790. The molecule has 0 rings (SSSR count). The minimum atomic E-state index is -0.0810. The zero-order valence-corrected chi connectivity index (χ0v) is 9.58. The second-order valence-corrected chi connectivity index (χ2v) is 4.08. The largest absolute Gasteiger partial charge is 0.465 e. The zero-order chi connectivity index (χ0) is 11.0. The van der Waals surface area contributed by atoms with E-state index < -0.39 is 0 Å². The van der Waals surface area contributed by atoms with Gasteiger partial charge in [-0.15, -0.1) is 6.58 Å². The lowest BCUT2D eigenvalue weighted by Gasteiger charge is -2.13. The van der Waals surface area contributed by atoms with Gasteiger partial charge >= 0.3 is 5.97 Å². The van der Waals surface area contributed by atoms with Crippen LogP contribution in [0.3, 0.4) is 0 Å². The molecule has 0 unspecified atom stereocenters. The highest BCUT2D eigenvalue weighted by Gasteiger charge is 2.09. The Balaban J connectivity index is 3.67. The van der Waals surface area contributed by atoms with Crippen molar-refractivity contribution < 1.29 is 9.53 Å². The molecule has 0 aromatic heterocycles. The standard InChI is InChI=1S/C12H22O2/c1-5-7-11(6-2)9-14-12(13)8-10(3)4/h5,10-11H,1,6-9H2,2-4H3/t11-/m1/s1. The lowest BCUT2D eigenvalue weighted by molar-refractivity contribution is -0.145. The highest BCUT2D eigenvalue weighted by Crippen LogP contribution is 2.10. The number of carbonyl (C=O) groups is 1. The van der Waals surface area contributed by atoms with Crippen molar-refractivity contribution in [3.8, 4) is 0 Å². The molecule has 1 atom stereocenters. The quantitative estimate of drug-likeness (QED) is 0.464. The molecule has 82 valence electrons. The molecule has 2 nitrogen and oxygen atoms in total. The number of allylic oxidation sites excluding steroid dienone is 1. The molecule has 0 aromatic carbocycles. The third-order valence-corrected chi connectivity index (χ3v) is 2.13. The highest BCUT2D eigenvalue weighted by molar-refractivity contribution is 5.69. The first-order valence-corrected chi connectivity index (χ1v) is 5.36. The molecule has 0 saturated carbocycles. The van der Waals surface area contributed by atoms with Crippen LogP contribution in [0, 0.1) is 11.8 Å². The molecule has 0 heterocycles. The summed E-state index contributed by atoms with van der Waals surface area (Å²) >= 11 is 0. The van der Waals surface area contributed by atoms with Gasteiger partial charge in [-0.05, 0) is 24.7 Å². The Morgan fingerprint density at radius 2 is 2.14 bits per heavy atom. The van der Waals surface area contributed by atoms with Gasteiger partial charge in [-0.1, -0.05) is 26.8 Å². The van der Waals surface area contributed by atoms with E-state index in [1.54, 1.807) is 0 Å². The molecular weight excluding hydrogens is 176 g/mol. The smallest absolute Gasteiger partial charge is 0.306 e. The predicted octanol–water partition coefficient (Wildman–Crippen LogP) is 3.18. The Bertz CT molecular complexity index is 173. The van der Waals surface area contributed by atoms with Crippen molar-refractivity contribution >= 4 is 5.97 Å². The third-order valence-electron chi connectivity index (χ3n) is 2.13. The van der Waals surface area contributed by atoms with Crippen LogP contribution in [0.2, 0.25) is 0 Å². The van der Waals surface area contributed by atoms with E-state index in [9.17, 15) is 4.79 Å². The Labute approximate surface area is 87.3 Å². The van der Waals surface area contributed by atoms with E-state index in [0.717, 1.165) is 12.8 Å². The average Bonchev–Trinajstić information content (AvgIpc) is 2.11. The lowest BCUT2D eigenvalue weighted by Crippen LogP contribution is -2.14. The van der Waals surface area contributed by atoms with E-state index in [1.807, 2.05) is 19.9 Å². The first-order chi connectivity index (χ1) is 6.60. The minimum Gasteiger partial charge on any atom is -0.465 e. The van der Waals surface area contributed by atoms with Crippen LogP contribution in [0.5, 0.6) is 0 Å². The summed E-state index contributed by atoms with van der Waals surface area (Å²) in [6.45, 7) is 10.4. The summed E-state index contributed by atoms with van der Waals surface area (Å²) in [7, 11) is 0. The molecule has 0 spiro atoms. The maximum Gasteiger partial charge on any atom is 0.306 e. The third kappa shape index (κ3) is 6.70. The fourth-order valence-electron chi connectivity index (χ4n) is 1.19. The SMILES string of the molecule is C=CC[C@@H](CC)COC(=O)CC(C)C. The summed E-state index contributed by atoms with van der Waals surface area (Å²) in [5.41, 5.74) is 0. The van der Waals surface area contributed by atoms with Gasteiger partial charge in [0.25, 0.3) is 0 Å². The summed E-state index contributed by atoms with van der Waals surface area (Å²) in [6.07, 6.45) is 4.35. The first kappa shape index (κ1) is 13.2. The summed E-state index contributed by atoms with van der Waals surface area (Å²) in [5, 5.41) is 0. The fraction of sp³-hybridized carbons (Fsp3) is 0.750. The second kappa shape index (κ2) is 7.60. The van der Waals surface area contributed by atoms with Crippen LogP contribution in [0.15, 0.2) is 12.7 Å². The number of ether oxygens (including phenoxy) is 1. The summed E-state index contributed by atoms with van der Waals surface area (Å²) < 4.78 is 5.17. The fourth-order valence-corrected chi connectivity index (χ4v) is 1.19. The van der Waals surface area contributed by atoms with Gasteiger partial charge < -0.3 is 4.74 Å².